The number of aryl methyl sites for hydroxylation is 1. The van der Waals surface area contributed by atoms with Crippen LogP contribution in [0, 0.1) is 0 Å². The fraction of sp³-hybridized carbons (Fsp3) is 0.400. The van der Waals surface area contributed by atoms with Crippen LogP contribution in [0.1, 0.15) is 39.0 Å². The average molecular weight is 483 g/mol. The van der Waals surface area contributed by atoms with E-state index in [-0.39, 0.29) is 11.1 Å². The van der Waals surface area contributed by atoms with Gasteiger partial charge >= 0.3 is 6.09 Å². The number of carbonyl (C=O) groups excluding carboxylic acids is 3. The normalized spacial score (nSPS) is 11.0. The molecule has 0 spiro atoms. The van der Waals surface area contributed by atoms with E-state index in [0.29, 0.717) is 10.9 Å². The molecule has 0 saturated carbocycles. The Morgan fingerprint density at radius 1 is 1.13 bits per heavy atom. The van der Waals surface area contributed by atoms with Gasteiger partial charge in [-0.1, -0.05) is 23.9 Å². The maximum atomic E-state index is 11.8. The molecule has 0 aliphatic heterocycles. The number of rotatable bonds is 7. The minimum Gasteiger partial charge on any atom is -0.443 e. The molecule has 2 rings (SSSR count). The summed E-state index contributed by atoms with van der Waals surface area (Å²) in [6.07, 6.45) is 0.107. The minimum absolute atomic E-state index is 0.120. The topological polar surface area (TPSA) is 109 Å². The Morgan fingerprint density at radius 3 is 2.48 bits per heavy atom. The molecule has 0 saturated heterocycles. The highest BCUT2D eigenvalue weighted by atomic mass is 32.2. The molecule has 0 aliphatic carbocycles. The number of hydrazine groups is 1. The van der Waals surface area contributed by atoms with Gasteiger partial charge in [-0.25, -0.2) is 15.2 Å². The molecule has 0 radical (unpaired) electrons. The van der Waals surface area contributed by atoms with Crippen molar-refractivity contribution in [1.29, 1.82) is 0 Å². The maximum Gasteiger partial charge on any atom is 0.426 e. The van der Waals surface area contributed by atoms with Gasteiger partial charge in [0.15, 0.2) is 5.13 Å². The van der Waals surface area contributed by atoms with Crippen molar-refractivity contribution in [1.82, 2.24) is 15.8 Å². The predicted octanol–water partition coefficient (Wildman–Crippen LogP) is 4.82. The second kappa shape index (κ2) is 12.0. The number of carbonyl (C=O) groups is 3. The lowest BCUT2D eigenvalue weighted by atomic mass is 10.2. The van der Waals surface area contributed by atoms with Crippen LogP contribution in [0.4, 0.5) is 14.7 Å². The van der Waals surface area contributed by atoms with Crippen molar-refractivity contribution < 1.29 is 19.1 Å². The van der Waals surface area contributed by atoms with Crippen LogP contribution < -0.4 is 16.2 Å². The molecule has 1 heterocycles. The number of nitrogens with one attached hydrogen (secondary N) is 3. The van der Waals surface area contributed by atoms with E-state index in [4.69, 9.17) is 4.74 Å². The molecule has 0 unspecified atom stereocenters. The molecule has 168 valence electrons. The maximum absolute atomic E-state index is 11.8. The number of ether oxygens (including phenoxy) is 1. The van der Waals surface area contributed by atoms with Crippen LogP contribution in [0.3, 0.4) is 0 Å². The first kappa shape index (κ1) is 25.0. The molecule has 0 fully saturated rings. The molecule has 0 bridgehead atoms. The van der Waals surface area contributed by atoms with Crippen molar-refractivity contribution in [2.45, 2.75) is 50.4 Å². The molecule has 1 aromatic heterocycles. The van der Waals surface area contributed by atoms with Crippen LogP contribution in [0.2, 0.25) is 0 Å². The highest BCUT2D eigenvalue weighted by molar-refractivity contribution is 8.12. The number of thiazole rings is 1. The van der Waals surface area contributed by atoms with E-state index in [9.17, 15) is 14.4 Å². The van der Waals surface area contributed by atoms with Crippen LogP contribution >= 0.6 is 34.9 Å². The molecule has 3 amide bonds. The fourth-order valence-corrected chi connectivity index (χ4v) is 4.46. The van der Waals surface area contributed by atoms with Gasteiger partial charge < -0.3 is 10.1 Å². The van der Waals surface area contributed by atoms with Gasteiger partial charge in [0.1, 0.15) is 5.60 Å². The van der Waals surface area contributed by atoms with Crippen LogP contribution in [-0.4, -0.2) is 33.6 Å². The third-order valence-electron chi connectivity index (χ3n) is 3.42. The van der Waals surface area contributed by atoms with Gasteiger partial charge in [0.25, 0.3) is 5.24 Å². The van der Waals surface area contributed by atoms with E-state index in [2.05, 4.69) is 21.2 Å². The zero-order valence-electron chi connectivity index (χ0n) is 17.8. The Kier molecular flexibility index (Phi) is 9.66. The van der Waals surface area contributed by atoms with E-state index in [1.165, 1.54) is 18.3 Å². The molecule has 0 aliphatic rings. The number of amides is 3. The largest absolute Gasteiger partial charge is 0.443 e. The van der Waals surface area contributed by atoms with Gasteiger partial charge in [-0.15, -0.1) is 23.1 Å². The number of hydrogen-bond acceptors (Lipinski definition) is 8. The Balaban J connectivity index is 1.67. The lowest BCUT2D eigenvalue weighted by Crippen LogP contribution is -2.42. The quantitative estimate of drug-likeness (QED) is 0.383. The third kappa shape index (κ3) is 10.6. The molecule has 2 aromatic rings. The zero-order valence-corrected chi connectivity index (χ0v) is 20.3. The van der Waals surface area contributed by atoms with Crippen LogP contribution in [-0.2, 0) is 21.7 Å². The molecule has 8 nitrogen and oxygen atoms in total. The summed E-state index contributed by atoms with van der Waals surface area (Å²) in [7, 11) is 0. The smallest absolute Gasteiger partial charge is 0.426 e. The fourth-order valence-electron chi connectivity index (χ4n) is 2.18. The number of aromatic nitrogens is 1. The Morgan fingerprint density at radius 2 is 1.84 bits per heavy atom. The number of thioether (sulfide) groups is 2. The van der Waals surface area contributed by atoms with Crippen LogP contribution in [0.15, 0.2) is 34.5 Å². The summed E-state index contributed by atoms with van der Waals surface area (Å²) in [5, 5.41) is 4.89. The molecule has 0 atom stereocenters. The first-order chi connectivity index (χ1) is 14.6. The van der Waals surface area contributed by atoms with Gasteiger partial charge in [0.2, 0.25) is 5.91 Å². The van der Waals surface area contributed by atoms with E-state index < -0.39 is 11.7 Å². The van der Waals surface area contributed by atoms with Crippen LogP contribution in [0.5, 0.6) is 0 Å². The molecule has 31 heavy (non-hydrogen) atoms. The summed E-state index contributed by atoms with van der Waals surface area (Å²) >= 11 is 4.19. The molecule has 3 N–H and O–H groups in total. The lowest BCUT2D eigenvalue weighted by molar-refractivity contribution is -0.114. The minimum atomic E-state index is -0.702. The summed E-state index contributed by atoms with van der Waals surface area (Å²) in [5.41, 5.74) is 5.86. The molecular formula is C20H26N4O4S3. The SMILES string of the molecule is CC(=O)Nc1nc(CCSc2ccc(CSC(=O)NNC(=O)OC(C)(C)C)cc2)cs1. The summed E-state index contributed by atoms with van der Waals surface area (Å²) in [6, 6.07) is 7.98. The second-order valence-electron chi connectivity index (χ2n) is 7.40. The van der Waals surface area contributed by atoms with Crippen molar-refractivity contribution >= 4 is 57.2 Å². The van der Waals surface area contributed by atoms with E-state index in [1.54, 1.807) is 32.5 Å². The van der Waals surface area contributed by atoms with E-state index in [1.807, 2.05) is 29.6 Å². The highest BCUT2D eigenvalue weighted by Gasteiger charge is 2.16. The molecule has 11 heteroatoms. The van der Waals surface area contributed by atoms with Gasteiger partial charge in [-0.3, -0.25) is 15.0 Å². The Bertz CT molecular complexity index is 895. The Hall–Kier alpha value is -2.24. The highest BCUT2D eigenvalue weighted by Crippen LogP contribution is 2.23. The molecular weight excluding hydrogens is 456 g/mol. The summed E-state index contributed by atoms with van der Waals surface area (Å²) < 4.78 is 5.04. The third-order valence-corrected chi connectivity index (χ3v) is 6.08. The standard InChI is InChI=1S/C20H26N4O4S3/c1-13(25)21-17-22-15(12-30-17)9-10-29-16-7-5-14(6-8-16)11-31-19(27)24-23-18(26)28-20(2,3)4/h5-8,12H,9-11H2,1-4H3,(H,23,26)(H,24,27)(H,21,22,25). The number of anilines is 1. The first-order valence-electron chi connectivity index (χ1n) is 9.46. The van der Waals surface area contributed by atoms with Gasteiger partial charge in [-0.2, -0.15) is 0 Å². The second-order valence-corrected chi connectivity index (χ2v) is 10.4. The van der Waals surface area contributed by atoms with Crippen molar-refractivity contribution in [2.24, 2.45) is 0 Å². The lowest BCUT2D eigenvalue weighted by Gasteiger charge is -2.19. The van der Waals surface area contributed by atoms with Gasteiger partial charge in [0, 0.05) is 28.7 Å². The van der Waals surface area contributed by atoms with E-state index >= 15 is 0 Å². The predicted molar refractivity (Wildman–Crippen MR) is 126 cm³/mol. The first-order valence-corrected chi connectivity index (χ1v) is 12.3. The Labute approximate surface area is 194 Å². The summed E-state index contributed by atoms with van der Waals surface area (Å²) in [5.74, 6) is 1.23. The van der Waals surface area contributed by atoms with Crippen LogP contribution in [0.25, 0.3) is 0 Å². The van der Waals surface area contributed by atoms with Crippen molar-refractivity contribution in [3.8, 4) is 0 Å². The van der Waals surface area contributed by atoms with E-state index in [0.717, 1.165) is 40.1 Å². The average Bonchev–Trinajstić information content (AvgIpc) is 3.11. The zero-order chi connectivity index (χ0) is 22.9. The summed E-state index contributed by atoms with van der Waals surface area (Å²) in [6.45, 7) is 6.70. The van der Waals surface area contributed by atoms with Crippen molar-refractivity contribution in [3.63, 3.8) is 0 Å². The number of nitrogens with zero attached hydrogens (tertiary/aromatic N) is 1. The van der Waals surface area contributed by atoms with Crippen molar-refractivity contribution in [3.05, 3.63) is 40.9 Å². The van der Waals surface area contributed by atoms with Gasteiger partial charge in [0.05, 0.1) is 5.69 Å². The van der Waals surface area contributed by atoms with Crippen molar-refractivity contribution in [2.75, 3.05) is 11.1 Å². The summed E-state index contributed by atoms with van der Waals surface area (Å²) in [4.78, 5) is 39.9. The monoisotopic (exact) mass is 482 g/mol. The van der Waals surface area contributed by atoms with Gasteiger partial charge in [-0.05, 0) is 44.9 Å². The number of hydrogen-bond donors (Lipinski definition) is 3. The molecule has 1 aromatic carbocycles. The number of benzene rings is 1.